The Morgan fingerprint density at radius 1 is 1.38 bits per heavy atom. The van der Waals surface area contributed by atoms with Gasteiger partial charge in [-0.05, 0) is 44.6 Å². The first-order chi connectivity index (χ1) is 11.7. The number of carbonyl (C=O) groups is 2. The minimum Gasteiger partial charge on any atom is -0.354 e. The maximum atomic E-state index is 12.4. The predicted octanol–water partition coefficient (Wildman–Crippen LogP) is 1.18. The van der Waals surface area contributed by atoms with E-state index in [1.807, 2.05) is 10.3 Å². The zero-order valence-corrected chi connectivity index (χ0v) is 14.8. The number of aryl methyl sites for hydroxylation is 1. The fraction of sp³-hybridized carbons (Fsp3) is 0.706. The van der Waals surface area contributed by atoms with Gasteiger partial charge in [0.2, 0.25) is 11.8 Å². The van der Waals surface area contributed by atoms with Crippen LogP contribution in [-0.2, 0) is 16.0 Å². The van der Waals surface area contributed by atoms with Crippen LogP contribution in [0.25, 0.3) is 0 Å². The average molecular weight is 350 g/mol. The number of carbonyl (C=O) groups excluding carboxylic acids is 2. The summed E-state index contributed by atoms with van der Waals surface area (Å²) in [6.45, 7) is 3.20. The number of piperidine rings is 1. The highest BCUT2D eigenvalue weighted by atomic mass is 32.1. The Morgan fingerprint density at radius 2 is 2.29 bits per heavy atom. The van der Waals surface area contributed by atoms with Gasteiger partial charge in [0.1, 0.15) is 0 Å². The standard InChI is InChI=1S/C17H26N4O2S/c22-16(6-5-14-11-24-12-20-14)21-8-2-3-13(10-21)9-19-17(23)15-4-1-7-18-15/h11-13,15,18H,1-10H2,(H,19,23). The average Bonchev–Trinajstić information content (AvgIpc) is 3.31. The summed E-state index contributed by atoms with van der Waals surface area (Å²) in [5, 5.41) is 8.28. The SMILES string of the molecule is O=C(NCC1CCCN(C(=O)CCc2cscn2)C1)C1CCCN1. The molecule has 7 heteroatoms. The number of amides is 2. The van der Waals surface area contributed by atoms with Gasteiger partial charge in [0.25, 0.3) is 0 Å². The molecule has 0 spiro atoms. The summed E-state index contributed by atoms with van der Waals surface area (Å²) in [6, 6.07) is -0.0237. The molecular weight excluding hydrogens is 324 g/mol. The smallest absolute Gasteiger partial charge is 0.237 e. The summed E-state index contributed by atoms with van der Waals surface area (Å²) < 4.78 is 0. The van der Waals surface area contributed by atoms with Gasteiger partial charge in [-0.15, -0.1) is 11.3 Å². The molecule has 2 saturated heterocycles. The number of nitrogens with one attached hydrogen (secondary N) is 2. The van der Waals surface area contributed by atoms with Crippen molar-refractivity contribution in [2.24, 2.45) is 5.92 Å². The van der Waals surface area contributed by atoms with Gasteiger partial charge < -0.3 is 15.5 Å². The molecule has 3 heterocycles. The first kappa shape index (κ1) is 17.4. The molecule has 2 aliphatic heterocycles. The van der Waals surface area contributed by atoms with Crippen molar-refractivity contribution in [2.45, 2.75) is 44.6 Å². The van der Waals surface area contributed by atoms with Crippen LogP contribution in [0.2, 0.25) is 0 Å². The van der Waals surface area contributed by atoms with Crippen LogP contribution in [0, 0.1) is 5.92 Å². The van der Waals surface area contributed by atoms with Crippen LogP contribution < -0.4 is 10.6 Å². The van der Waals surface area contributed by atoms with E-state index in [1.165, 1.54) is 0 Å². The van der Waals surface area contributed by atoms with Crippen LogP contribution in [0.4, 0.5) is 0 Å². The van der Waals surface area contributed by atoms with Gasteiger partial charge in [0.05, 0.1) is 17.2 Å². The Kier molecular flexibility index (Phi) is 6.20. The van der Waals surface area contributed by atoms with Crippen LogP contribution in [0.3, 0.4) is 0 Å². The highest BCUT2D eigenvalue weighted by molar-refractivity contribution is 7.07. The Morgan fingerprint density at radius 3 is 3.04 bits per heavy atom. The lowest BCUT2D eigenvalue weighted by Crippen LogP contribution is -2.46. The molecule has 0 saturated carbocycles. The second-order valence-corrected chi connectivity index (χ2v) is 7.44. The van der Waals surface area contributed by atoms with Gasteiger partial charge in [0.15, 0.2) is 0 Å². The first-order valence-corrected chi connectivity index (χ1v) is 9.82. The summed E-state index contributed by atoms with van der Waals surface area (Å²) in [7, 11) is 0. The van der Waals surface area contributed by atoms with Crippen LogP contribution >= 0.6 is 11.3 Å². The summed E-state index contributed by atoms with van der Waals surface area (Å²) in [6.07, 6.45) is 5.34. The maximum Gasteiger partial charge on any atom is 0.237 e. The van der Waals surface area contributed by atoms with E-state index in [2.05, 4.69) is 15.6 Å². The zero-order chi connectivity index (χ0) is 16.8. The topological polar surface area (TPSA) is 74.3 Å². The van der Waals surface area contributed by atoms with E-state index in [9.17, 15) is 9.59 Å². The number of nitrogens with zero attached hydrogens (tertiary/aromatic N) is 2. The monoisotopic (exact) mass is 350 g/mol. The van der Waals surface area contributed by atoms with Crippen molar-refractivity contribution in [2.75, 3.05) is 26.2 Å². The third-order valence-electron chi connectivity index (χ3n) is 4.89. The van der Waals surface area contributed by atoms with E-state index in [-0.39, 0.29) is 17.9 Å². The Balaban J connectivity index is 1.40. The Hall–Kier alpha value is -1.47. The second-order valence-electron chi connectivity index (χ2n) is 6.72. The molecule has 132 valence electrons. The lowest BCUT2D eigenvalue weighted by molar-refractivity contribution is -0.133. The van der Waals surface area contributed by atoms with E-state index >= 15 is 0 Å². The molecule has 2 N–H and O–H groups in total. The van der Waals surface area contributed by atoms with E-state index in [0.29, 0.717) is 25.3 Å². The van der Waals surface area contributed by atoms with E-state index in [1.54, 1.807) is 16.8 Å². The lowest BCUT2D eigenvalue weighted by Gasteiger charge is -2.33. The molecule has 1 aromatic rings. The molecule has 2 amide bonds. The zero-order valence-electron chi connectivity index (χ0n) is 14.0. The van der Waals surface area contributed by atoms with Crippen molar-refractivity contribution < 1.29 is 9.59 Å². The largest absolute Gasteiger partial charge is 0.354 e. The Labute approximate surface area is 147 Å². The molecule has 2 unspecified atom stereocenters. The van der Waals surface area contributed by atoms with Crippen LogP contribution in [0.5, 0.6) is 0 Å². The molecule has 0 aliphatic carbocycles. The highest BCUT2D eigenvalue weighted by Crippen LogP contribution is 2.17. The number of aromatic nitrogens is 1. The van der Waals surface area contributed by atoms with Gasteiger partial charge in [-0.2, -0.15) is 0 Å². The molecule has 2 fully saturated rings. The van der Waals surface area contributed by atoms with Crippen molar-refractivity contribution in [1.29, 1.82) is 0 Å². The molecule has 24 heavy (non-hydrogen) atoms. The highest BCUT2D eigenvalue weighted by Gasteiger charge is 2.26. The molecule has 0 bridgehead atoms. The molecule has 0 aromatic carbocycles. The molecular formula is C17H26N4O2S. The quantitative estimate of drug-likeness (QED) is 0.808. The molecule has 2 atom stereocenters. The molecule has 2 aliphatic rings. The van der Waals surface area contributed by atoms with Gasteiger partial charge in [-0.1, -0.05) is 0 Å². The minimum absolute atomic E-state index is 0.0237. The molecule has 6 nitrogen and oxygen atoms in total. The summed E-state index contributed by atoms with van der Waals surface area (Å²) in [5.74, 6) is 0.684. The summed E-state index contributed by atoms with van der Waals surface area (Å²) >= 11 is 1.57. The van der Waals surface area contributed by atoms with Crippen LogP contribution in [0.1, 0.15) is 37.8 Å². The number of hydrogen-bond donors (Lipinski definition) is 2. The lowest BCUT2D eigenvalue weighted by atomic mass is 9.97. The van der Waals surface area contributed by atoms with Crippen LogP contribution in [-0.4, -0.2) is 53.9 Å². The van der Waals surface area contributed by atoms with E-state index < -0.39 is 0 Å². The maximum absolute atomic E-state index is 12.4. The van der Waals surface area contributed by atoms with Gasteiger partial charge >= 0.3 is 0 Å². The number of hydrogen-bond acceptors (Lipinski definition) is 5. The minimum atomic E-state index is -0.0237. The summed E-state index contributed by atoms with van der Waals surface area (Å²) in [4.78, 5) is 30.7. The normalized spacial score (nSPS) is 24.1. The molecule has 1 aromatic heterocycles. The molecule has 0 radical (unpaired) electrons. The van der Waals surface area contributed by atoms with Crippen LogP contribution in [0.15, 0.2) is 10.9 Å². The van der Waals surface area contributed by atoms with Crippen molar-refractivity contribution in [3.63, 3.8) is 0 Å². The van der Waals surface area contributed by atoms with Gasteiger partial charge in [0, 0.05) is 31.4 Å². The number of rotatable bonds is 6. The fourth-order valence-electron chi connectivity index (χ4n) is 3.49. The number of thiazole rings is 1. The van der Waals surface area contributed by atoms with Crippen molar-refractivity contribution in [3.8, 4) is 0 Å². The fourth-order valence-corrected chi connectivity index (χ4v) is 4.08. The van der Waals surface area contributed by atoms with E-state index in [0.717, 1.165) is 51.0 Å². The predicted molar refractivity (Wildman–Crippen MR) is 93.8 cm³/mol. The van der Waals surface area contributed by atoms with Gasteiger partial charge in [-0.25, -0.2) is 4.98 Å². The van der Waals surface area contributed by atoms with Crippen molar-refractivity contribution in [3.05, 3.63) is 16.6 Å². The first-order valence-electron chi connectivity index (χ1n) is 8.88. The Bertz CT molecular complexity index is 543. The van der Waals surface area contributed by atoms with Crippen molar-refractivity contribution in [1.82, 2.24) is 20.5 Å². The summed E-state index contributed by atoms with van der Waals surface area (Å²) in [5.41, 5.74) is 2.80. The third kappa shape index (κ3) is 4.77. The number of likely N-dealkylation sites (tertiary alicyclic amines) is 1. The van der Waals surface area contributed by atoms with Crippen molar-refractivity contribution >= 4 is 23.2 Å². The van der Waals surface area contributed by atoms with E-state index in [4.69, 9.17) is 0 Å². The second kappa shape index (κ2) is 8.58. The van der Waals surface area contributed by atoms with Gasteiger partial charge in [-0.3, -0.25) is 9.59 Å². The third-order valence-corrected chi connectivity index (χ3v) is 5.53. The molecule has 3 rings (SSSR count).